The van der Waals surface area contributed by atoms with E-state index in [1.54, 1.807) is 18.9 Å². The first-order chi connectivity index (χ1) is 16.9. The minimum atomic E-state index is -0.574. The van der Waals surface area contributed by atoms with E-state index in [-0.39, 0.29) is 41.6 Å². The predicted octanol–water partition coefficient (Wildman–Crippen LogP) is 3.09. The molecule has 1 aromatic carbocycles. The summed E-state index contributed by atoms with van der Waals surface area (Å²) in [5.41, 5.74) is 2.50. The molecule has 7 heteroatoms. The van der Waals surface area contributed by atoms with Crippen LogP contribution in [0.15, 0.2) is 24.3 Å². The normalized spacial score (nSPS) is 26.5. The van der Waals surface area contributed by atoms with E-state index in [0.717, 1.165) is 44.9 Å². The molecule has 3 N–H and O–H groups in total. The largest absolute Gasteiger partial charge is 0.347 e. The standard InChI is InChI=1S/C28H42N4O3/c1-18-16-24(27(34)30-23-15-9-13-20-10-7-8-14-22(20)23)32(17-18)28(35)25(21-11-5-4-6-12-21)31-26(33)19(2)29-3/h7-8,10,14,18-19,21,23-25,29H,4-6,9,11-13,15-17H2,1-3H3,(H,30,34)(H,31,33)/t18-,19-,23+,24-,25-/m0/s1. The van der Waals surface area contributed by atoms with Crippen molar-refractivity contribution in [1.29, 1.82) is 0 Å². The number of carbonyl (C=O) groups is 3. The Morgan fingerprint density at radius 1 is 1.03 bits per heavy atom. The van der Waals surface area contributed by atoms with Crippen LogP contribution in [0.5, 0.6) is 0 Å². The number of nitrogens with one attached hydrogen (secondary N) is 3. The lowest BCUT2D eigenvalue weighted by Crippen LogP contribution is -2.58. The third kappa shape index (κ3) is 5.88. The Morgan fingerprint density at radius 2 is 1.77 bits per heavy atom. The van der Waals surface area contributed by atoms with Crippen molar-refractivity contribution >= 4 is 17.7 Å². The van der Waals surface area contributed by atoms with E-state index in [0.29, 0.717) is 13.0 Å². The fraction of sp³-hybridized carbons (Fsp3) is 0.679. The van der Waals surface area contributed by atoms with Crippen LogP contribution in [-0.2, 0) is 20.8 Å². The average Bonchev–Trinajstić information content (AvgIpc) is 3.28. The third-order valence-corrected chi connectivity index (χ3v) is 8.29. The maximum atomic E-state index is 14.0. The molecule has 0 aromatic heterocycles. The zero-order valence-corrected chi connectivity index (χ0v) is 21.5. The Hall–Kier alpha value is -2.41. The van der Waals surface area contributed by atoms with Crippen molar-refractivity contribution in [2.45, 2.75) is 95.8 Å². The summed E-state index contributed by atoms with van der Waals surface area (Å²) in [6, 6.07) is 6.88. The molecule has 3 amide bonds. The molecule has 1 saturated carbocycles. The fourth-order valence-electron chi connectivity index (χ4n) is 6.15. The van der Waals surface area contributed by atoms with Crippen LogP contribution < -0.4 is 16.0 Å². The molecule has 4 rings (SSSR count). The maximum absolute atomic E-state index is 14.0. The van der Waals surface area contributed by atoms with Gasteiger partial charge in [-0.1, -0.05) is 50.5 Å². The van der Waals surface area contributed by atoms with Crippen LogP contribution in [-0.4, -0.2) is 54.3 Å². The van der Waals surface area contributed by atoms with Crippen molar-refractivity contribution in [3.63, 3.8) is 0 Å². The zero-order chi connectivity index (χ0) is 24.9. The second-order valence-electron chi connectivity index (χ2n) is 10.9. The third-order valence-electron chi connectivity index (χ3n) is 8.29. The summed E-state index contributed by atoms with van der Waals surface area (Å²) in [6.45, 7) is 4.45. The SMILES string of the molecule is CN[C@@H](C)C(=O)N[C@H](C(=O)N1C[C@@H](C)C[C@H]1C(=O)N[C@@H]1CCCc2ccccc21)C1CCCCC1. The molecule has 1 saturated heterocycles. The molecule has 35 heavy (non-hydrogen) atoms. The van der Waals surface area contributed by atoms with E-state index in [2.05, 4.69) is 41.1 Å². The average molecular weight is 483 g/mol. The molecule has 0 unspecified atom stereocenters. The number of benzene rings is 1. The smallest absolute Gasteiger partial charge is 0.246 e. The summed E-state index contributed by atoms with van der Waals surface area (Å²) in [7, 11) is 1.74. The van der Waals surface area contributed by atoms with Gasteiger partial charge in [-0.15, -0.1) is 0 Å². The number of fused-ring (bicyclic) bond motifs is 1. The van der Waals surface area contributed by atoms with E-state index in [1.807, 2.05) is 6.07 Å². The Balaban J connectivity index is 1.51. The van der Waals surface area contributed by atoms with Gasteiger partial charge in [-0.05, 0) is 75.5 Å². The lowest BCUT2D eigenvalue weighted by Gasteiger charge is -2.35. The van der Waals surface area contributed by atoms with E-state index >= 15 is 0 Å². The molecule has 7 nitrogen and oxygen atoms in total. The van der Waals surface area contributed by atoms with E-state index < -0.39 is 12.1 Å². The van der Waals surface area contributed by atoms with Crippen LogP contribution in [0.25, 0.3) is 0 Å². The molecule has 1 aliphatic heterocycles. The molecule has 2 aliphatic carbocycles. The molecule has 0 spiro atoms. The van der Waals surface area contributed by atoms with Crippen LogP contribution in [0.2, 0.25) is 0 Å². The van der Waals surface area contributed by atoms with Crippen LogP contribution in [0.3, 0.4) is 0 Å². The fourth-order valence-corrected chi connectivity index (χ4v) is 6.15. The summed E-state index contributed by atoms with van der Waals surface area (Å²) in [6.07, 6.45) is 8.86. The predicted molar refractivity (Wildman–Crippen MR) is 137 cm³/mol. The van der Waals surface area contributed by atoms with Gasteiger partial charge in [0.05, 0.1) is 12.1 Å². The lowest BCUT2D eigenvalue weighted by atomic mass is 9.83. The minimum Gasteiger partial charge on any atom is -0.347 e. The van der Waals surface area contributed by atoms with Crippen LogP contribution in [0.1, 0.15) is 82.4 Å². The first-order valence-corrected chi connectivity index (χ1v) is 13.5. The van der Waals surface area contributed by atoms with Crippen molar-refractivity contribution in [1.82, 2.24) is 20.9 Å². The number of likely N-dealkylation sites (N-methyl/N-ethyl adjacent to an activating group) is 1. The zero-order valence-electron chi connectivity index (χ0n) is 21.5. The number of rotatable bonds is 7. The second kappa shape index (κ2) is 11.5. The number of carbonyl (C=O) groups excluding carboxylic acids is 3. The Kier molecular flexibility index (Phi) is 8.47. The Labute approximate surface area is 209 Å². The summed E-state index contributed by atoms with van der Waals surface area (Å²) < 4.78 is 0. The molecular weight excluding hydrogens is 440 g/mol. The van der Waals surface area contributed by atoms with E-state index in [4.69, 9.17) is 0 Å². The van der Waals surface area contributed by atoms with Crippen molar-refractivity contribution in [2.24, 2.45) is 11.8 Å². The summed E-state index contributed by atoms with van der Waals surface area (Å²) in [5.74, 6) is 0.0358. The van der Waals surface area contributed by atoms with E-state index in [1.165, 1.54) is 17.5 Å². The van der Waals surface area contributed by atoms with Crippen molar-refractivity contribution in [3.8, 4) is 0 Å². The molecular formula is C28H42N4O3. The number of hydrogen-bond donors (Lipinski definition) is 3. The highest BCUT2D eigenvalue weighted by molar-refractivity contribution is 5.93. The highest BCUT2D eigenvalue weighted by atomic mass is 16.2. The quantitative estimate of drug-likeness (QED) is 0.557. The molecule has 0 bridgehead atoms. The van der Waals surface area contributed by atoms with Crippen LogP contribution in [0, 0.1) is 11.8 Å². The number of amides is 3. The van der Waals surface area contributed by atoms with Crippen molar-refractivity contribution in [3.05, 3.63) is 35.4 Å². The number of hydrogen-bond acceptors (Lipinski definition) is 4. The van der Waals surface area contributed by atoms with Crippen LogP contribution in [0.4, 0.5) is 0 Å². The molecule has 1 aromatic rings. The van der Waals surface area contributed by atoms with E-state index in [9.17, 15) is 14.4 Å². The first kappa shape index (κ1) is 25.7. The van der Waals surface area contributed by atoms with Crippen molar-refractivity contribution in [2.75, 3.05) is 13.6 Å². The minimum absolute atomic E-state index is 0.00868. The first-order valence-electron chi connectivity index (χ1n) is 13.5. The molecule has 1 heterocycles. The summed E-state index contributed by atoms with van der Waals surface area (Å²) >= 11 is 0. The highest BCUT2D eigenvalue weighted by Gasteiger charge is 2.43. The van der Waals surface area contributed by atoms with Gasteiger partial charge in [-0.2, -0.15) is 0 Å². The highest BCUT2D eigenvalue weighted by Crippen LogP contribution is 2.33. The monoisotopic (exact) mass is 482 g/mol. The topological polar surface area (TPSA) is 90.5 Å². The number of nitrogens with zero attached hydrogens (tertiary/aromatic N) is 1. The number of likely N-dealkylation sites (tertiary alicyclic amines) is 1. The molecule has 5 atom stereocenters. The Bertz CT molecular complexity index is 913. The van der Waals surface area contributed by atoms with Gasteiger partial charge >= 0.3 is 0 Å². The van der Waals surface area contributed by atoms with Gasteiger partial charge in [0.2, 0.25) is 17.7 Å². The molecule has 2 fully saturated rings. The Morgan fingerprint density at radius 3 is 2.51 bits per heavy atom. The van der Waals surface area contributed by atoms with Gasteiger partial charge < -0.3 is 20.9 Å². The van der Waals surface area contributed by atoms with Gasteiger partial charge in [0, 0.05) is 6.54 Å². The number of aryl methyl sites for hydroxylation is 1. The van der Waals surface area contributed by atoms with Crippen molar-refractivity contribution < 1.29 is 14.4 Å². The van der Waals surface area contributed by atoms with Gasteiger partial charge in [0.15, 0.2) is 0 Å². The molecule has 3 aliphatic rings. The van der Waals surface area contributed by atoms with Gasteiger partial charge in [0.25, 0.3) is 0 Å². The second-order valence-corrected chi connectivity index (χ2v) is 10.9. The molecule has 192 valence electrons. The van der Waals surface area contributed by atoms with Gasteiger partial charge in [-0.25, -0.2) is 0 Å². The summed E-state index contributed by atoms with van der Waals surface area (Å²) in [4.78, 5) is 42.1. The van der Waals surface area contributed by atoms with Gasteiger partial charge in [0.1, 0.15) is 12.1 Å². The molecule has 0 radical (unpaired) electrons. The summed E-state index contributed by atoms with van der Waals surface area (Å²) in [5, 5.41) is 9.31. The van der Waals surface area contributed by atoms with Crippen LogP contribution >= 0.6 is 0 Å². The lowest BCUT2D eigenvalue weighted by molar-refractivity contribution is -0.143. The maximum Gasteiger partial charge on any atom is 0.246 e. The van der Waals surface area contributed by atoms with Gasteiger partial charge in [-0.3, -0.25) is 14.4 Å².